The van der Waals surface area contributed by atoms with Gasteiger partial charge in [-0.3, -0.25) is 4.79 Å². The summed E-state index contributed by atoms with van der Waals surface area (Å²) in [5.74, 6) is -1.39. The van der Waals surface area contributed by atoms with Crippen LogP contribution in [0.1, 0.15) is 19.8 Å². The molecule has 0 radical (unpaired) electrons. The van der Waals surface area contributed by atoms with Gasteiger partial charge in [0.05, 0.1) is 6.61 Å². The molecule has 1 aliphatic rings. The number of nitrogens with one attached hydrogen (secondary N) is 1. The van der Waals surface area contributed by atoms with Crippen LogP contribution in [0.4, 0.5) is 4.79 Å². The van der Waals surface area contributed by atoms with E-state index in [-0.39, 0.29) is 18.6 Å². The van der Waals surface area contributed by atoms with Crippen molar-refractivity contribution in [1.29, 1.82) is 0 Å². The average Bonchev–Trinajstić information content (AvgIpc) is 2.38. The van der Waals surface area contributed by atoms with Crippen LogP contribution in [0, 0.1) is 0 Å². The molecule has 0 aromatic heterocycles. The zero-order valence-corrected chi connectivity index (χ0v) is 11.5. The lowest BCUT2D eigenvalue weighted by Crippen LogP contribution is -2.50. The van der Waals surface area contributed by atoms with Crippen molar-refractivity contribution in [2.45, 2.75) is 25.8 Å². The van der Waals surface area contributed by atoms with E-state index in [1.54, 1.807) is 11.8 Å². The number of alkyl carbamates (subject to hydrolysis) is 1. The number of hydrogen-bond donors (Lipinski definition) is 2. The zero-order valence-electron chi connectivity index (χ0n) is 11.5. The van der Waals surface area contributed by atoms with Gasteiger partial charge in [-0.25, -0.2) is 9.59 Å². The fraction of sp³-hybridized carbons (Fsp3) is 0.750. The Bertz CT molecular complexity index is 360. The predicted octanol–water partition coefficient (Wildman–Crippen LogP) is -0.175. The molecule has 0 aromatic carbocycles. The first-order valence-corrected chi connectivity index (χ1v) is 6.53. The molecular formula is C12H20N2O6. The number of nitrogens with zero attached hydrogens (tertiary/aromatic N) is 1. The maximum absolute atomic E-state index is 11.8. The molecule has 1 aliphatic heterocycles. The van der Waals surface area contributed by atoms with Crippen molar-refractivity contribution in [2.75, 3.05) is 32.9 Å². The third-order valence-electron chi connectivity index (χ3n) is 2.82. The number of amides is 2. The highest BCUT2D eigenvalue weighted by atomic mass is 16.5. The molecule has 1 fully saturated rings. The topological polar surface area (TPSA) is 105 Å². The normalized spacial score (nSPS) is 18.4. The van der Waals surface area contributed by atoms with Gasteiger partial charge in [-0.05, 0) is 19.8 Å². The van der Waals surface area contributed by atoms with Crippen LogP contribution in [-0.2, 0) is 19.1 Å². The highest BCUT2D eigenvalue weighted by Gasteiger charge is 2.25. The smallest absolute Gasteiger partial charge is 0.407 e. The number of ether oxygens (including phenoxy) is 2. The summed E-state index contributed by atoms with van der Waals surface area (Å²) in [6.07, 6.45) is 1.05. The lowest BCUT2D eigenvalue weighted by molar-refractivity contribution is -0.146. The minimum atomic E-state index is -1.11. The molecular weight excluding hydrogens is 268 g/mol. The van der Waals surface area contributed by atoms with Crippen LogP contribution in [0.5, 0.6) is 0 Å². The van der Waals surface area contributed by atoms with Gasteiger partial charge in [0.25, 0.3) is 0 Å². The standard InChI is InChI=1S/C12H20N2O6/c1-2-20-12(18)13-9-4-3-5-14(6-9)10(15)7-19-8-11(16)17/h9H,2-8H2,1H3,(H,13,18)(H,16,17). The molecule has 1 rings (SSSR count). The summed E-state index contributed by atoms with van der Waals surface area (Å²) in [6.45, 7) is 2.22. The van der Waals surface area contributed by atoms with Crippen molar-refractivity contribution < 1.29 is 29.0 Å². The number of rotatable bonds is 6. The zero-order chi connectivity index (χ0) is 15.0. The van der Waals surface area contributed by atoms with Gasteiger partial charge in [0.2, 0.25) is 5.91 Å². The Morgan fingerprint density at radius 3 is 2.75 bits per heavy atom. The van der Waals surface area contributed by atoms with E-state index in [9.17, 15) is 14.4 Å². The summed E-state index contributed by atoms with van der Waals surface area (Å²) in [4.78, 5) is 34.9. The van der Waals surface area contributed by atoms with E-state index >= 15 is 0 Å². The lowest BCUT2D eigenvalue weighted by Gasteiger charge is -2.32. The molecule has 0 saturated carbocycles. The summed E-state index contributed by atoms with van der Waals surface area (Å²) in [7, 11) is 0. The number of aliphatic carboxylic acids is 1. The summed E-state index contributed by atoms with van der Waals surface area (Å²) < 4.78 is 9.55. The molecule has 0 aliphatic carbocycles. The van der Waals surface area contributed by atoms with Crippen LogP contribution in [0.3, 0.4) is 0 Å². The Kier molecular flexibility index (Phi) is 6.78. The second kappa shape index (κ2) is 8.36. The van der Waals surface area contributed by atoms with Crippen LogP contribution in [0.25, 0.3) is 0 Å². The molecule has 114 valence electrons. The SMILES string of the molecule is CCOC(=O)NC1CCCN(C(=O)COCC(=O)O)C1. The monoisotopic (exact) mass is 288 g/mol. The predicted molar refractivity (Wildman–Crippen MR) is 68.2 cm³/mol. The van der Waals surface area contributed by atoms with Crippen molar-refractivity contribution in [3.8, 4) is 0 Å². The quantitative estimate of drug-likeness (QED) is 0.702. The molecule has 2 N–H and O–H groups in total. The first-order valence-electron chi connectivity index (χ1n) is 6.53. The minimum Gasteiger partial charge on any atom is -0.480 e. The maximum atomic E-state index is 11.8. The van der Waals surface area contributed by atoms with Crippen LogP contribution in [0.15, 0.2) is 0 Å². The summed E-state index contributed by atoms with van der Waals surface area (Å²) >= 11 is 0. The number of carboxylic acid groups (broad SMARTS) is 1. The van der Waals surface area contributed by atoms with Gasteiger partial charge in [-0.2, -0.15) is 0 Å². The molecule has 8 heteroatoms. The first kappa shape index (κ1) is 16.2. The number of carboxylic acids is 1. The van der Waals surface area contributed by atoms with Gasteiger partial charge in [0.1, 0.15) is 13.2 Å². The third-order valence-corrected chi connectivity index (χ3v) is 2.82. The van der Waals surface area contributed by atoms with Crippen molar-refractivity contribution in [3.05, 3.63) is 0 Å². The highest BCUT2D eigenvalue weighted by molar-refractivity contribution is 5.78. The van der Waals surface area contributed by atoms with Gasteiger partial charge in [-0.1, -0.05) is 0 Å². The Morgan fingerprint density at radius 1 is 1.35 bits per heavy atom. The van der Waals surface area contributed by atoms with Crippen LogP contribution in [0.2, 0.25) is 0 Å². The second-order valence-corrected chi connectivity index (χ2v) is 4.43. The Labute approximate surface area is 117 Å². The fourth-order valence-corrected chi connectivity index (χ4v) is 1.98. The van der Waals surface area contributed by atoms with E-state index < -0.39 is 18.7 Å². The number of likely N-dealkylation sites (tertiary alicyclic amines) is 1. The number of carbonyl (C=O) groups excluding carboxylic acids is 2. The van der Waals surface area contributed by atoms with Gasteiger partial charge in [0, 0.05) is 19.1 Å². The molecule has 0 spiro atoms. The molecule has 2 amide bonds. The Balaban J connectivity index is 2.34. The highest BCUT2D eigenvalue weighted by Crippen LogP contribution is 2.10. The summed E-state index contributed by atoms with van der Waals surface area (Å²) in [5.41, 5.74) is 0. The molecule has 8 nitrogen and oxygen atoms in total. The average molecular weight is 288 g/mol. The molecule has 0 bridgehead atoms. The van der Waals surface area contributed by atoms with E-state index in [1.807, 2.05) is 0 Å². The second-order valence-electron chi connectivity index (χ2n) is 4.43. The molecule has 1 heterocycles. The number of hydrogen-bond acceptors (Lipinski definition) is 5. The third kappa shape index (κ3) is 5.87. The summed E-state index contributed by atoms with van der Waals surface area (Å²) in [6, 6.07) is -0.147. The maximum Gasteiger partial charge on any atom is 0.407 e. The van der Waals surface area contributed by atoms with Crippen molar-refractivity contribution in [1.82, 2.24) is 10.2 Å². The van der Waals surface area contributed by atoms with E-state index in [1.165, 1.54) is 0 Å². The number of piperidine rings is 1. The Morgan fingerprint density at radius 2 is 2.10 bits per heavy atom. The first-order chi connectivity index (χ1) is 9.52. The van der Waals surface area contributed by atoms with Crippen molar-refractivity contribution in [3.63, 3.8) is 0 Å². The van der Waals surface area contributed by atoms with E-state index in [4.69, 9.17) is 14.6 Å². The Hall–Kier alpha value is -1.83. The molecule has 20 heavy (non-hydrogen) atoms. The van der Waals surface area contributed by atoms with Gasteiger partial charge >= 0.3 is 12.1 Å². The van der Waals surface area contributed by atoms with Crippen molar-refractivity contribution in [2.24, 2.45) is 0 Å². The van der Waals surface area contributed by atoms with Crippen LogP contribution < -0.4 is 5.32 Å². The van der Waals surface area contributed by atoms with Gasteiger partial charge in [-0.15, -0.1) is 0 Å². The van der Waals surface area contributed by atoms with E-state index in [0.29, 0.717) is 19.7 Å². The summed E-state index contributed by atoms with van der Waals surface area (Å²) in [5, 5.41) is 11.1. The van der Waals surface area contributed by atoms with E-state index in [0.717, 1.165) is 12.8 Å². The molecule has 1 atom stereocenters. The molecule has 1 saturated heterocycles. The largest absolute Gasteiger partial charge is 0.480 e. The van der Waals surface area contributed by atoms with Gasteiger partial charge in [0.15, 0.2) is 0 Å². The fourth-order valence-electron chi connectivity index (χ4n) is 1.98. The van der Waals surface area contributed by atoms with Crippen molar-refractivity contribution >= 4 is 18.0 Å². The van der Waals surface area contributed by atoms with E-state index in [2.05, 4.69) is 5.32 Å². The number of carbonyl (C=O) groups is 3. The molecule has 0 aromatic rings. The van der Waals surface area contributed by atoms with Gasteiger partial charge < -0.3 is 24.8 Å². The lowest BCUT2D eigenvalue weighted by atomic mass is 10.1. The molecule has 1 unspecified atom stereocenters. The van der Waals surface area contributed by atoms with Crippen LogP contribution in [-0.4, -0.2) is 66.9 Å². The minimum absolute atomic E-state index is 0.147. The van der Waals surface area contributed by atoms with Crippen LogP contribution >= 0.6 is 0 Å².